The minimum absolute atomic E-state index is 0.00175. The lowest BCUT2D eigenvalue weighted by molar-refractivity contribution is 0.0390. The molecule has 0 saturated carbocycles. The first-order valence-corrected chi connectivity index (χ1v) is 12.8. The van der Waals surface area contributed by atoms with E-state index in [0.29, 0.717) is 17.7 Å². The summed E-state index contributed by atoms with van der Waals surface area (Å²) in [4.78, 5) is 33.0. The first-order valence-electron chi connectivity index (χ1n) is 12.8. The van der Waals surface area contributed by atoms with E-state index in [4.69, 9.17) is 18.8 Å². The summed E-state index contributed by atoms with van der Waals surface area (Å²) in [6.07, 6.45) is -1.07. The Morgan fingerprint density at radius 2 is 1.85 bits per heavy atom. The quantitative estimate of drug-likeness (QED) is 0.426. The Morgan fingerprint density at radius 3 is 2.46 bits per heavy atom. The summed E-state index contributed by atoms with van der Waals surface area (Å²) in [6, 6.07) is 9.73. The van der Waals surface area contributed by atoms with Gasteiger partial charge in [0.25, 0.3) is 0 Å². The van der Waals surface area contributed by atoms with E-state index in [1.807, 2.05) is 0 Å². The van der Waals surface area contributed by atoms with Crippen molar-refractivity contribution in [2.75, 3.05) is 29.5 Å². The van der Waals surface area contributed by atoms with E-state index in [1.54, 1.807) is 26.8 Å². The molecule has 3 heterocycles. The highest BCUT2D eigenvalue weighted by Crippen LogP contribution is 2.32. The van der Waals surface area contributed by atoms with Gasteiger partial charge >= 0.3 is 12.2 Å². The summed E-state index contributed by atoms with van der Waals surface area (Å²) in [5.41, 5.74) is 0.407. The fraction of sp³-hybridized carbons (Fsp3) is 0.357. The summed E-state index contributed by atoms with van der Waals surface area (Å²) in [5.74, 6) is -1.23. The Balaban J connectivity index is 1.30. The molecule has 2 atom stereocenters. The van der Waals surface area contributed by atoms with Crippen molar-refractivity contribution in [3.63, 3.8) is 0 Å². The predicted octanol–water partition coefficient (Wildman–Crippen LogP) is 4.87. The Bertz CT molecular complexity index is 1470. The SMILES string of the molecule is CC(C)(C)OC(=O)N(CC1CN(c2ccc(-c3ccc(C4=NOC(CO)C4)cc3F)c(F)c2)C(=O)O1)c1ccon1. The number of hydrogen-bond donors (Lipinski definition) is 1. The van der Waals surface area contributed by atoms with Crippen LogP contribution in [0, 0.1) is 11.6 Å². The van der Waals surface area contributed by atoms with Crippen molar-refractivity contribution in [2.24, 2.45) is 5.16 Å². The first kappa shape index (κ1) is 28.0. The molecule has 41 heavy (non-hydrogen) atoms. The number of oxime groups is 1. The molecule has 0 radical (unpaired) electrons. The molecule has 0 spiro atoms. The molecule has 0 aliphatic carbocycles. The van der Waals surface area contributed by atoms with Crippen molar-refractivity contribution in [3.8, 4) is 11.1 Å². The number of nitrogens with zero attached hydrogens (tertiary/aromatic N) is 4. The molecule has 2 aliphatic rings. The van der Waals surface area contributed by atoms with Gasteiger partial charge in [-0.1, -0.05) is 22.4 Å². The number of aliphatic hydroxyl groups is 1. The topological polar surface area (TPSA) is 127 Å². The van der Waals surface area contributed by atoms with E-state index < -0.39 is 41.6 Å². The third kappa shape index (κ3) is 6.14. The van der Waals surface area contributed by atoms with E-state index in [-0.39, 0.29) is 42.3 Å². The van der Waals surface area contributed by atoms with E-state index in [0.717, 1.165) is 6.07 Å². The van der Waals surface area contributed by atoms with Crippen LogP contribution in [0.15, 0.2) is 58.4 Å². The standard InChI is InChI=1S/C28H28F2N4O7/c1-28(2,3)40-27(37)34(25-8-9-38-32-25)14-19-13-33(26(36)39-19)17-5-7-21(23(30)11-17)20-6-4-16(10-22(20)29)24-12-18(15-35)41-31-24/h4-11,18-19,35H,12-15H2,1-3H3. The summed E-state index contributed by atoms with van der Waals surface area (Å²) < 4.78 is 46.0. The number of carbonyl (C=O) groups excluding carboxylic acids is 2. The second kappa shape index (κ2) is 11.2. The highest BCUT2D eigenvalue weighted by atomic mass is 19.1. The van der Waals surface area contributed by atoms with Crippen LogP contribution in [0.5, 0.6) is 0 Å². The summed E-state index contributed by atoms with van der Waals surface area (Å²) in [5, 5.41) is 16.9. The van der Waals surface area contributed by atoms with Crippen LogP contribution in [0.3, 0.4) is 0 Å². The third-order valence-corrected chi connectivity index (χ3v) is 6.37. The Hall–Kier alpha value is -4.52. The molecule has 13 heteroatoms. The molecule has 2 aliphatic heterocycles. The molecule has 0 bridgehead atoms. The highest BCUT2D eigenvalue weighted by Gasteiger charge is 2.37. The fourth-order valence-electron chi connectivity index (χ4n) is 4.46. The number of halogens is 2. The van der Waals surface area contributed by atoms with Crippen molar-refractivity contribution < 1.29 is 42.3 Å². The summed E-state index contributed by atoms with van der Waals surface area (Å²) in [7, 11) is 0. The lowest BCUT2D eigenvalue weighted by Gasteiger charge is -2.26. The van der Waals surface area contributed by atoms with Gasteiger partial charge in [0, 0.05) is 29.2 Å². The summed E-state index contributed by atoms with van der Waals surface area (Å²) in [6.45, 7) is 4.87. The van der Waals surface area contributed by atoms with E-state index in [9.17, 15) is 14.7 Å². The van der Waals surface area contributed by atoms with Crippen LogP contribution in [0.2, 0.25) is 0 Å². The van der Waals surface area contributed by atoms with Gasteiger partial charge in [0.05, 0.1) is 31.1 Å². The van der Waals surface area contributed by atoms with Crippen molar-refractivity contribution in [1.82, 2.24) is 5.16 Å². The van der Waals surface area contributed by atoms with Crippen LogP contribution >= 0.6 is 0 Å². The van der Waals surface area contributed by atoms with Gasteiger partial charge in [0.1, 0.15) is 29.6 Å². The Morgan fingerprint density at radius 1 is 1.12 bits per heavy atom. The number of aromatic nitrogens is 1. The molecular weight excluding hydrogens is 542 g/mol. The number of cyclic esters (lactones) is 1. The maximum atomic E-state index is 15.2. The zero-order valence-corrected chi connectivity index (χ0v) is 22.5. The number of amides is 2. The van der Waals surface area contributed by atoms with Gasteiger partial charge < -0.3 is 23.9 Å². The van der Waals surface area contributed by atoms with Gasteiger partial charge in [-0.2, -0.15) is 0 Å². The largest absolute Gasteiger partial charge is 0.443 e. The zero-order chi connectivity index (χ0) is 29.3. The van der Waals surface area contributed by atoms with Gasteiger partial charge in [-0.15, -0.1) is 0 Å². The van der Waals surface area contributed by atoms with Crippen LogP contribution < -0.4 is 9.80 Å². The molecule has 11 nitrogen and oxygen atoms in total. The molecular formula is C28H28F2N4O7. The Kier molecular flexibility index (Phi) is 7.63. The van der Waals surface area contributed by atoms with Gasteiger partial charge in [0.2, 0.25) is 0 Å². The minimum Gasteiger partial charge on any atom is -0.443 e. The van der Waals surface area contributed by atoms with E-state index in [1.165, 1.54) is 46.4 Å². The van der Waals surface area contributed by atoms with Gasteiger partial charge in [0.15, 0.2) is 11.9 Å². The van der Waals surface area contributed by atoms with Crippen molar-refractivity contribution in [3.05, 3.63) is 65.9 Å². The molecule has 3 aromatic rings. The van der Waals surface area contributed by atoms with Gasteiger partial charge in [-0.3, -0.25) is 9.80 Å². The molecule has 1 aromatic heterocycles. The van der Waals surface area contributed by atoms with E-state index in [2.05, 4.69) is 10.3 Å². The van der Waals surface area contributed by atoms with E-state index >= 15 is 8.78 Å². The monoisotopic (exact) mass is 570 g/mol. The molecule has 2 unspecified atom stereocenters. The Labute approximate surface area is 233 Å². The molecule has 5 rings (SSSR count). The first-order chi connectivity index (χ1) is 19.5. The summed E-state index contributed by atoms with van der Waals surface area (Å²) >= 11 is 0. The number of ether oxygens (including phenoxy) is 2. The fourth-order valence-corrected chi connectivity index (χ4v) is 4.46. The molecule has 2 aromatic carbocycles. The number of benzene rings is 2. The maximum Gasteiger partial charge on any atom is 0.416 e. The van der Waals surface area contributed by atoms with Crippen LogP contribution in [-0.4, -0.2) is 65.7 Å². The normalized spacial score (nSPS) is 18.6. The minimum atomic E-state index is -0.785. The van der Waals surface area contributed by atoms with Crippen molar-refractivity contribution in [1.29, 1.82) is 0 Å². The van der Waals surface area contributed by atoms with Crippen LogP contribution in [0.1, 0.15) is 32.8 Å². The molecule has 1 N–H and O–H groups in total. The van der Waals surface area contributed by atoms with Crippen molar-refractivity contribution in [2.45, 2.75) is 45.0 Å². The van der Waals surface area contributed by atoms with Crippen molar-refractivity contribution >= 4 is 29.4 Å². The lowest BCUT2D eigenvalue weighted by atomic mass is 9.99. The number of anilines is 2. The number of rotatable bonds is 7. The second-order valence-corrected chi connectivity index (χ2v) is 10.6. The maximum absolute atomic E-state index is 15.2. The van der Waals surface area contributed by atoms with Crippen LogP contribution in [0.4, 0.5) is 29.9 Å². The van der Waals surface area contributed by atoms with Crippen LogP contribution in [-0.2, 0) is 14.3 Å². The average Bonchev–Trinajstić information content (AvgIpc) is 3.68. The highest BCUT2D eigenvalue weighted by molar-refractivity contribution is 6.01. The van der Waals surface area contributed by atoms with Gasteiger partial charge in [-0.05, 0) is 45.0 Å². The number of aliphatic hydroxyl groups excluding tert-OH is 1. The molecule has 216 valence electrons. The van der Waals surface area contributed by atoms with Gasteiger partial charge in [-0.25, -0.2) is 18.4 Å². The predicted molar refractivity (Wildman–Crippen MR) is 143 cm³/mol. The zero-order valence-electron chi connectivity index (χ0n) is 22.5. The number of carbonyl (C=O) groups is 2. The smallest absolute Gasteiger partial charge is 0.416 e. The van der Waals surface area contributed by atoms with Crippen LogP contribution in [0.25, 0.3) is 11.1 Å². The third-order valence-electron chi connectivity index (χ3n) is 6.37. The lowest BCUT2D eigenvalue weighted by Crippen LogP contribution is -2.42. The molecule has 1 saturated heterocycles. The average molecular weight is 571 g/mol. The second-order valence-electron chi connectivity index (χ2n) is 10.6. The molecule has 2 amide bonds. The molecule has 1 fully saturated rings. The number of hydrogen-bond acceptors (Lipinski definition) is 9.